The molecule has 1 nitrogen and oxygen atoms in total. The van der Waals surface area contributed by atoms with Crippen LogP contribution in [0.1, 0.15) is 13.3 Å². The van der Waals surface area contributed by atoms with Crippen molar-refractivity contribution in [1.82, 2.24) is 4.90 Å². The van der Waals surface area contributed by atoms with Gasteiger partial charge in [-0.1, -0.05) is 18.6 Å². The van der Waals surface area contributed by atoms with Gasteiger partial charge in [0.15, 0.2) is 0 Å². The highest BCUT2D eigenvalue weighted by molar-refractivity contribution is 7.99. The molecule has 0 unspecified atom stereocenters. The predicted molar refractivity (Wildman–Crippen MR) is 53.2 cm³/mol. The molecule has 0 aliphatic carbocycles. The molecule has 11 heavy (non-hydrogen) atoms. The quantitative estimate of drug-likeness (QED) is 0.598. The molecular weight excluding hydrogens is 154 g/mol. The lowest BCUT2D eigenvalue weighted by molar-refractivity contribution is 0.355. The van der Waals surface area contributed by atoms with Crippen LogP contribution in [0.3, 0.4) is 0 Å². The molecule has 1 aliphatic heterocycles. The fourth-order valence-electron chi connectivity index (χ4n) is 1.32. The van der Waals surface area contributed by atoms with Gasteiger partial charge in [-0.3, -0.25) is 0 Å². The number of hydrogen-bond acceptors (Lipinski definition) is 2. The maximum Gasteiger partial charge on any atom is 0.0198 e. The van der Waals surface area contributed by atoms with Crippen LogP contribution in [0, 0.1) is 0 Å². The monoisotopic (exact) mass is 171 g/mol. The minimum absolute atomic E-state index is 1.19. The van der Waals surface area contributed by atoms with Crippen LogP contribution >= 0.6 is 11.8 Å². The summed E-state index contributed by atoms with van der Waals surface area (Å²) in [5.41, 5.74) is 1.62. The van der Waals surface area contributed by atoms with Crippen molar-refractivity contribution in [2.75, 3.05) is 31.6 Å². The number of hydrogen-bond donors (Lipinski definition) is 0. The first-order chi connectivity index (χ1) is 5.33. The molecule has 0 saturated carbocycles. The summed E-state index contributed by atoms with van der Waals surface area (Å²) in [6, 6.07) is 0. The number of rotatable bonds is 3. The zero-order chi connectivity index (χ0) is 8.10. The van der Waals surface area contributed by atoms with E-state index in [9.17, 15) is 0 Å². The van der Waals surface area contributed by atoms with Crippen molar-refractivity contribution in [2.24, 2.45) is 0 Å². The van der Waals surface area contributed by atoms with Gasteiger partial charge in [-0.05, 0) is 19.2 Å². The molecule has 1 rings (SSSR count). The van der Waals surface area contributed by atoms with Gasteiger partial charge in [0.1, 0.15) is 0 Å². The Labute approximate surface area is 73.8 Å². The fourth-order valence-corrected chi connectivity index (χ4v) is 1.99. The van der Waals surface area contributed by atoms with E-state index >= 15 is 0 Å². The van der Waals surface area contributed by atoms with E-state index < -0.39 is 0 Å². The van der Waals surface area contributed by atoms with Gasteiger partial charge in [-0.2, -0.15) is 11.8 Å². The highest BCUT2D eigenvalue weighted by atomic mass is 32.2. The van der Waals surface area contributed by atoms with Crippen LogP contribution in [-0.2, 0) is 0 Å². The molecule has 64 valence electrons. The molecule has 1 heterocycles. The highest BCUT2D eigenvalue weighted by Gasteiger charge is 2.06. The molecule has 2 heteroatoms. The van der Waals surface area contributed by atoms with Gasteiger partial charge >= 0.3 is 0 Å². The fraction of sp³-hybridized carbons (Fsp3) is 0.778. The minimum atomic E-state index is 1.19. The lowest BCUT2D eigenvalue weighted by Crippen LogP contribution is -2.26. The van der Waals surface area contributed by atoms with Gasteiger partial charge in [-0.15, -0.1) is 0 Å². The summed E-state index contributed by atoms with van der Waals surface area (Å²) < 4.78 is 0. The van der Waals surface area contributed by atoms with Gasteiger partial charge in [0.25, 0.3) is 0 Å². The average Bonchev–Trinajstić information content (AvgIpc) is 2.01. The van der Waals surface area contributed by atoms with Gasteiger partial charge in [0, 0.05) is 18.8 Å². The molecule has 0 radical (unpaired) electrons. The summed E-state index contributed by atoms with van der Waals surface area (Å²) in [5.74, 6) is 2.47. The average molecular weight is 171 g/mol. The second-order valence-electron chi connectivity index (χ2n) is 3.03. The Morgan fingerprint density at radius 2 is 2.45 bits per heavy atom. The summed E-state index contributed by atoms with van der Waals surface area (Å²) in [5, 5.41) is 0. The molecule has 0 saturated heterocycles. The molecular formula is C9H17NS. The Morgan fingerprint density at radius 1 is 1.64 bits per heavy atom. The van der Waals surface area contributed by atoms with Crippen molar-refractivity contribution in [3.63, 3.8) is 0 Å². The van der Waals surface area contributed by atoms with E-state index in [4.69, 9.17) is 0 Å². The summed E-state index contributed by atoms with van der Waals surface area (Å²) in [6.07, 6.45) is 3.65. The third-order valence-electron chi connectivity index (χ3n) is 1.91. The lowest BCUT2D eigenvalue weighted by atomic mass is 10.1. The van der Waals surface area contributed by atoms with Crippen LogP contribution in [-0.4, -0.2) is 36.5 Å². The van der Waals surface area contributed by atoms with Crippen molar-refractivity contribution < 1.29 is 0 Å². The second kappa shape index (κ2) is 4.83. The number of thioether (sulfide) groups is 1. The summed E-state index contributed by atoms with van der Waals surface area (Å²) >= 11 is 2.02. The first kappa shape index (κ1) is 9.14. The van der Waals surface area contributed by atoms with E-state index in [2.05, 4.69) is 24.9 Å². The topological polar surface area (TPSA) is 3.24 Å². The Hall–Kier alpha value is 0.0500. The first-order valence-corrected chi connectivity index (χ1v) is 5.42. The van der Waals surface area contributed by atoms with Crippen molar-refractivity contribution >= 4 is 11.8 Å². The predicted octanol–water partition coefficient (Wildman–Crippen LogP) is 2.00. The summed E-state index contributed by atoms with van der Waals surface area (Å²) in [6.45, 7) is 4.64. The molecule has 0 bridgehead atoms. The normalized spacial score (nSPS) is 20.0. The van der Waals surface area contributed by atoms with Gasteiger partial charge in [0.2, 0.25) is 0 Å². The largest absolute Gasteiger partial charge is 0.302 e. The Kier molecular flexibility index (Phi) is 4.02. The van der Waals surface area contributed by atoms with Crippen LogP contribution in [0.5, 0.6) is 0 Å². The Balaban J connectivity index is 2.27. The molecule has 0 aromatic rings. The summed E-state index contributed by atoms with van der Waals surface area (Å²) in [7, 11) is 2.20. The number of nitrogens with zero attached hydrogens (tertiary/aromatic N) is 1. The van der Waals surface area contributed by atoms with Gasteiger partial charge < -0.3 is 4.90 Å². The molecule has 0 atom stereocenters. The SMILES string of the molecule is CCSCC1=CCCN(C)C1. The first-order valence-electron chi connectivity index (χ1n) is 4.27. The molecule has 0 N–H and O–H groups in total. The van der Waals surface area contributed by atoms with Crippen LogP contribution in [0.4, 0.5) is 0 Å². The molecule has 0 fully saturated rings. The Morgan fingerprint density at radius 3 is 3.09 bits per heavy atom. The number of likely N-dealkylation sites (N-methyl/N-ethyl adjacent to an activating group) is 1. The second-order valence-corrected chi connectivity index (χ2v) is 4.30. The van der Waals surface area contributed by atoms with Gasteiger partial charge in [0.05, 0.1) is 0 Å². The van der Waals surface area contributed by atoms with E-state index in [1.165, 1.54) is 31.0 Å². The van der Waals surface area contributed by atoms with Crippen LogP contribution in [0.25, 0.3) is 0 Å². The minimum Gasteiger partial charge on any atom is -0.302 e. The third kappa shape index (κ3) is 3.30. The molecule has 0 spiro atoms. The van der Waals surface area contributed by atoms with Crippen molar-refractivity contribution in [1.29, 1.82) is 0 Å². The van der Waals surface area contributed by atoms with Crippen molar-refractivity contribution in [3.05, 3.63) is 11.6 Å². The van der Waals surface area contributed by atoms with E-state index in [0.717, 1.165) is 0 Å². The highest BCUT2D eigenvalue weighted by Crippen LogP contribution is 2.13. The third-order valence-corrected chi connectivity index (χ3v) is 2.89. The van der Waals surface area contributed by atoms with E-state index in [0.29, 0.717) is 0 Å². The molecule has 0 aromatic heterocycles. The zero-order valence-corrected chi connectivity index (χ0v) is 8.28. The smallest absolute Gasteiger partial charge is 0.0198 e. The van der Waals surface area contributed by atoms with E-state index in [1.54, 1.807) is 5.57 Å². The van der Waals surface area contributed by atoms with Gasteiger partial charge in [-0.25, -0.2) is 0 Å². The maximum atomic E-state index is 2.41. The molecule has 0 aromatic carbocycles. The maximum absolute atomic E-state index is 2.41. The molecule has 0 amide bonds. The molecule has 1 aliphatic rings. The van der Waals surface area contributed by atoms with E-state index in [-0.39, 0.29) is 0 Å². The van der Waals surface area contributed by atoms with E-state index in [1.807, 2.05) is 11.8 Å². The van der Waals surface area contributed by atoms with Crippen LogP contribution < -0.4 is 0 Å². The van der Waals surface area contributed by atoms with Crippen LogP contribution in [0.2, 0.25) is 0 Å². The standard InChI is InChI=1S/C9H17NS/c1-3-11-8-9-5-4-6-10(2)7-9/h5H,3-4,6-8H2,1-2H3. The zero-order valence-electron chi connectivity index (χ0n) is 7.47. The lowest BCUT2D eigenvalue weighted by Gasteiger charge is -2.22. The summed E-state index contributed by atoms with van der Waals surface area (Å²) in [4.78, 5) is 2.39. The Bertz CT molecular complexity index is 142. The van der Waals surface area contributed by atoms with Crippen molar-refractivity contribution in [2.45, 2.75) is 13.3 Å². The van der Waals surface area contributed by atoms with Crippen LogP contribution in [0.15, 0.2) is 11.6 Å². The van der Waals surface area contributed by atoms with Crippen molar-refractivity contribution in [3.8, 4) is 0 Å².